The molecule has 0 saturated carbocycles. The number of hydrogen-bond acceptors (Lipinski definition) is 5. The first kappa shape index (κ1) is 14.7. The molecule has 2 atom stereocenters. The Bertz CT molecular complexity index is 719. The van der Waals surface area contributed by atoms with Crippen LogP contribution >= 0.6 is 22.7 Å². The minimum atomic E-state index is -0.844. The van der Waals surface area contributed by atoms with Gasteiger partial charge in [0.25, 0.3) is 0 Å². The highest BCUT2D eigenvalue weighted by Crippen LogP contribution is 2.26. The van der Waals surface area contributed by atoms with Gasteiger partial charge in [0.05, 0.1) is 10.2 Å². The lowest BCUT2D eigenvalue weighted by molar-refractivity contribution is 0.0581. The van der Waals surface area contributed by atoms with Gasteiger partial charge in [-0.3, -0.25) is 4.98 Å². The largest absolute Gasteiger partial charge is 0.383 e. The Hall–Kier alpha value is -1.27. The van der Waals surface area contributed by atoms with Crippen LogP contribution in [0.3, 0.4) is 0 Å². The summed E-state index contributed by atoms with van der Waals surface area (Å²) < 4.78 is 1.20. The Morgan fingerprint density at radius 2 is 2.19 bits per heavy atom. The number of pyridine rings is 1. The number of thiophene rings is 2. The van der Waals surface area contributed by atoms with E-state index in [9.17, 15) is 5.11 Å². The van der Waals surface area contributed by atoms with Gasteiger partial charge in [0, 0.05) is 23.7 Å². The van der Waals surface area contributed by atoms with E-state index in [1.165, 1.54) is 4.70 Å². The maximum atomic E-state index is 10.5. The van der Waals surface area contributed by atoms with Crippen molar-refractivity contribution in [3.8, 4) is 0 Å². The molecule has 0 fully saturated rings. The van der Waals surface area contributed by atoms with E-state index in [0.717, 1.165) is 16.0 Å². The summed E-state index contributed by atoms with van der Waals surface area (Å²) in [6.07, 6.45) is 1.91. The normalized spacial score (nSPS) is 16.0. The smallest absolute Gasteiger partial charge is 0.108 e. The zero-order chi connectivity index (χ0) is 14.9. The van der Waals surface area contributed by atoms with Crippen LogP contribution in [-0.2, 0) is 5.60 Å². The first-order chi connectivity index (χ1) is 10.1. The molecule has 0 bridgehead atoms. The molecule has 0 aliphatic heterocycles. The second-order valence-corrected chi connectivity index (χ2v) is 7.32. The number of nitrogens with zero attached hydrogens (tertiary/aromatic N) is 1. The topological polar surface area (TPSA) is 45.1 Å². The van der Waals surface area contributed by atoms with Gasteiger partial charge in [-0.25, -0.2) is 0 Å². The van der Waals surface area contributed by atoms with Gasteiger partial charge in [-0.1, -0.05) is 6.07 Å². The molecule has 0 unspecified atom stereocenters. The van der Waals surface area contributed by atoms with Gasteiger partial charge in [0.15, 0.2) is 0 Å². The number of nitrogens with one attached hydrogen (secondary N) is 1. The molecule has 3 aromatic rings. The van der Waals surface area contributed by atoms with Crippen LogP contribution in [0.1, 0.15) is 30.3 Å². The molecule has 3 nitrogen and oxygen atoms in total. The standard InChI is InChI=1S/C16H18N2OS2/c1-11(12-8-14-13(17-9-12)5-7-20-14)18-10-16(2,19)15-4-3-6-21-15/h3-9,11,18-19H,10H2,1-2H3/t11-,16+/m0/s1. The Kier molecular flexibility index (Phi) is 4.08. The van der Waals surface area contributed by atoms with Gasteiger partial charge in [-0.05, 0) is 48.4 Å². The van der Waals surface area contributed by atoms with Crippen molar-refractivity contribution < 1.29 is 5.11 Å². The van der Waals surface area contributed by atoms with E-state index in [1.807, 2.05) is 36.7 Å². The Morgan fingerprint density at radius 3 is 2.95 bits per heavy atom. The summed E-state index contributed by atoms with van der Waals surface area (Å²) >= 11 is 3.28. The Labute approximate surface area is 132 Å². The van der Waals surface area contributed by atoms with E-state index in [4.69, 9.17) is 0 Å². The number of hydrogen-bond donors (Lipinski definition) is 2. The summed E-state index contributed by atoms with van der Waals surface area (Å²) in [4.78, 5) is 5.45. The van der Waals surface area contributed by atoms with Crippen molar-refractivity contribution in [2.45, 2.75) is 25.5 Å². The van der Waals surface area contributed by atoms with Gasteiger partial charge in [-0.2, -0.15) is 0 Å². The summed E-state index contributed by atoms with van der Waals surface area (Å²) in [5, 5.41) is 18.0. The Balaban J connectivity index is 1.69. The quantitative estimate of drug-likeness (QED) is 0.749. The molecule has 3 rings (SSSR count). The highest BCUT2D eigenvalue weighted by Gasteiger charge is 2.24. The average molecular weight is 318 g/mol. The fourth-order valence-electron chi connectivity index (χ4n) is 2.24. The molecular formula is C16H18N2OS2. The maximum Gasteiger partial charge on any atom is 0.108 e. The van der Waals surface area contributed by atoms with Crippen molar-refractivity contribution in [3.05, 3.63) is 51.7 Å². The molecular weight excluding hydrogens is 300 g/mol. The average Bonchev–Trinajstić information content (AvgIpc) is 3.14. The minimum absolute atomic E-state index is 0.149. The predicted molar refractivity (Wildman–Crippen MR) is 89.9 cm³/mol. The van der Waals surface area contributed by atoms with Crippen LogP contribution in [-0.4, -0.2) is 16.6 Å². The van der Waals surface area contributed by atoms with E-state index in [-0.39, 0.29) is 6.04 Å². The highest BCUT2D eigenvalue weighted by atomic mass is 32.1. The van der Waals surface area contributed by atoms with Crippen LogP contribution < -0.4 is 5.32 Å². The summed E-state index contributed by atoms with van der Waals surface area (Å²) in [7, 11) is 0. The van der Waals surface area contributed by atoms with Gasteiger partial charge in [0.2, 0.25) is 0 Å². The zero-order valence-corrected chi connectivity index (χ0v) is 13.7. The third-order valence-corrected chi connectivity index (χ3v) is 5.60. The molecule has 5 heteroatoms. The summed E-state index contributed by atoms with van der Waals surface area (Å²) in [5.41, 5.74) is 1.34. The SMILES string of the molecule is C[C@H](NC[C@@](C)(O)c1cccs1)c1cnc2ccsc2c1. The molecule has 2 N–H and O–H groups in total. The van der Waals surface area contributed by atoms with Crippen molar-refractivity contribution in [2.24, 2.45) is 0 Å². The van der Waals surface area contributed by atoms with E-state index in [0.29, 0.717) is 6.54 Å². The summed E-state index contributed by atoms with van der Waals surface area (Å²) in [5.74, 6) is 0. The van der Waals surface area contributed by atoms with Gasteiger partial charge >= 0.3 is 0 Å². The zero-order valence-electron chi connectivity index (χ0n) is 12.0. The Morgan fingerprint density at radius 1 is 1.33 bits per heavy atom. The number of rotatable bonds is 5. The van der Waals surface area contributed by atoms with E-state index >= 15 is 0 Å². The second kappa shape index (κ2) is 5.85. The van der Waals surface area contributed by atoms with E-state index < -0.39 is 5.60 Å². The summed E-state index contributed by atoms with van der Waals surface area (Å²) in [6.45, 7) is 4.46. The van der Waals surface area contributed by atoms with Crippen molar-refractivity contribution in [3.63, 3.8) is 0 Å². The van der Waals surface area contributed by atoms with Crippen LogP contribution in [0.2, 0.25) is 0 Å². The monoisotopic (exact) mass is 318 g/mol. The molecule has 0 amide bonds. The molecule has 0 aliphatic carbocycles. The highest BCUT2D eigenvalue weighted by molar-refractivity contribution is 7.17. The molecule has 0 aliphatic rings. The maximum absolute atomic E-state index is 10.5. The van der Waals surface area contributed by atoms with Crippen molar-refractivity contribution in [1.29, 1.82) is 0 Å². The van der Waals surface area contributed by atoms with Gasteiger partial charge in [-0.15, -0.1) is 22.7 Å². The van der Waals surface area contributed by atoms with Crippen LogP contribution in [0, 0.1) is 0 Å². The van der Waals surface area contributed by atoms with Crippen LogP contribution in [0.25, 0.3) is 10.2 Å². The first-order valence-corrected chi connectivity index (χ1v) is 8.65. The molecule has 0 spiro atoms. The molecule has 3 heterocycles. The molecule has 3 aromatic heterocycles. The minimum Gasteiger partial charge on any atom is -0.383 e. The number of fused-ring (bicyclic) bond motifs is 1. The molecule has 0 saturated heterocycles. The third kappa shape index (κ3) is 3.16. The van der Waals surface area contributed by atoms with Gasteiger partial charge < -0.3 is 10.4 Å². The molecule has 0 aromatic carbocycles. The van der Waals surface area contributed by atoms with Crippen molar-refractivity contribution in [2.75, 3.05) is 6.54 Å². The molecule has 21 heavy (non-hydrogen) atoms. The van der Waals surface area contributed by atoms with Crippen LogP contribution in [0.4, 0.5) is 0 Å². The van der Waals surface area contributed by atoms with E-state index in [2.05, 4.69) is 28.7 Å². The second-order valence-electron chi connectivity index (χ2n) is 5.43. The molecule has 110 valence electrons. The van der Waals surface area contributed by atoms with E-state index in [1.54, 1.807) is 22.7 Å². The number of aromatic nitrogens is 1. The first-order valence-electron chi connectivity index (χ1n) is 6.89. The fourth-order valence-corrected chi connectivity index (χ4v) is 3.82. The van der Waals surface area contributed by atoms with Crippen LogP contribution in [0.5, 0.6) is 0 Å². The lowest BCUT2D eigenvalue weighted by Crippen LogP contribution is -2.36. The summed E-state index contributed by atoms with van der Waals surface area (Å²) in [6, 6.07) is 8.28. The number of aliphatic hydroxyl groups is 1. The third-order valence-electron chi connectivity index (χ3n) is 3.63. The van der Waals surface area contributed by atoms with Crippen LogP contribution in [0.15, 0.2) is 41.2 Å². The van der Waals surface area contributed by atoms with Crippen molar-refractivity contribution >= 4 is 32.9 Å². The lowest BCUT2D eigenvalue weighted by Gasteiger charge is -2.25. The van der Waals surface area contributed by atoms with Crippen molar-refractivity contribution in [1.82, 2.24) is 10.3 Å². The molecule has 0 radical (unpaired) electrons. The lowest BCUT2D eigenvalue weighted by atomic mass is 10.0. The predicted octanol–water partition coefficient (Wildman–Crippen LogP) is 3.92. The fraction of sp³-hybridized carbons (Fsp3) is 0.312. The van der Waals surface area contributed by atoms with Gasteiger partial charge in [0.1, 0.15) is 5.60 Å².